The SMILES string of the molecule is Cn1ncc2c1C(NC(=O)OC(C)(C)C)CCN2Cc1ccccc1. The molecule has 0 aliphatic carbocycles. The lowest BCUT2D eigenvalue weighted by atomic mass is 10.0. The van der Waals surface area contributed by atoms with E-state index in [0.29, 0.717) is 0 Å². The highest BCUT2D eigenvalue weighted by Crippen LogP contribution is 2.34. The van der Waals surface area contributed by atoms with E-state index in [2.05, 4.69) is 39.6 Å². The van der Waals surface area contributed by atoms with Crippen molar-refractivity contribution in [2.24, 2.45) is 7.05 Å². The lowest BCUT2D eigenvalue weighted by Gasteiger charge is -2.34. The summed E-state index contributed by atoms with van der Waals surface area (Å²) in [5, 5.41) is 7.40. The van der Waals surface area contributed by atoms with Crippen molar-refractivity contribution in [2.45, 2.75) is 45.4 Å². The summed E-state index contributed by atoms with van der Waals surface area (Å²) >= 11 is 0. The fraction of sp³-hybridized carbons (Fsp3) is 0.474. The van der Waals surface area contributed by atoms with Crippen LogP contribution in [-0.2, 0) is 18.3 Å². The van der Waals surface area contributed by atoms with Crippen molar-refractivity contribution in [1.82, 2.24) is 15.1 Å². The first-order chi connectivity index (χ1) is 11.8. The van der Waals surface area contributed by atoms with Crippen molar-refractivity contribution in [3.05, 3.63) is 47.8 Å². The first kappa shape index (κ1) is 17.3. The largest absolute Gasteiger partial charge is 0.444 e. The van der Waals surface area contributed by atoms with E-state index in [1.165, 1.54) is 5.56 Å². The van der Waals surface area contributed by atoms with Gasteiger partial charge in [-0.2, -0.15) is 5.10 Å². The van der Waals surface area contributed by atoms with Crippen LogP contribution in [0.15, 0.2) is 36.5 Å². The van der Waals surface area contributed by atoms with Gasteiger partial charge in [-0.25, -0.2) is 4.79 Å². The molecule has 6 nitrogen and oxygen atoms in total. The molecule has 25 heavy (non-hydrogen) atoms. The molecule has 1 aliphatic rings. The molecular formula is C19H26N4O2. The van der Waals surface area contributed by atoms with Crippen molar-refractivity contribution in [3.63, 3.8) is 0 Å². The van der Waals surface area contributed by atoms with Gasteiger partial charge in [-0.1, -0.05) is 30.3 Å². The van der Waals surface area contributed by atoms with Crippen LogP contribution < -0.4 is 10.2 Å². The molecule has 6 heteroatoms. The highest BCUT2D eigenvalue weighted by atomic mass is 16.6. The molecule has 0 saturated heterocycles. The number of rotatable bonds is 3. The Kier molecular flexibility index (Phi) is 4.70. The van der Waals surface area contributed by atoms with Crippen LogP contribution in [-0.4, -0.2) is 28.0 Å². The Bertz CT molecular complexity index is 734. The molecule has 1 atom stereocenters. The van der Waals surface area contributed by atoms with Crippen LogP contribution >= 0.6 is 0 Å². The fourth-order valence-corrected chi connectivity index (χ4v) is 3.18. The smallest absolute Gasteiger partial charge is 0.408 e. The molecule has 134 valence electrons. The Morgan fingerprint density at radius 3 is 2.72 bits per heavy atom. The third-order valence-corrected chi connectivity index (χ3v) is 4.23. The third kappa shape index (κ3) is 4.13. The van der Waals surface area contributed by atoms with Crippen molar-refractivity contribution in [2.75, 3.05) is 11.4 Å². The van der Waals surface area contributed by atoms with Gasteiger partial charge in [0.1, 0.15) is 5.60 Å². The molecule has 1 amide bonds. The lowest BCUT2D eigenvalue weighted by Crippen LogP contribution is -2.40. The minimum Gasteiger partial charge on any atom is -0.444 e. The van der Waals surface area contributed by atoms with Crippen LogP contribution in [0.3, 0.4) is 0 Å². The summed E-state index contributed by atoms with van der Waals surface area (Å²) in [5.74, 6) is 0. The summed E-state index contributed by atoms with van der Waals surface area (Å²) in [5.41, 5.74) is 2.84. The van der Waals surface area contributed by atoms with Gasteiger partial charge in [0.05, 0.1) is 23.6 Å². The topological polar surface area (TPSA) is 59.4 Å². The van der Waals surface area contributed by atoms with Gasteiger partial charge in [0, 0.05) is 20.1 Å². The van der Waals surface area contributed by atoms with E-state index < -0.39 is 5.60 Å². The number of nitrogens with zero attached hydrogens (tertiary/aromatic N) is 3. The molecule has 0 fully saturated rings. The molecule has 0 spiro atoms. The highest BCUT2D eigenvalue weighted by molar-refractivity contribution is 5.69. The molecule has 1 aromatic heterocycles. The maximum absolute atomic E-state index is 12.2. The number of carbonyl (C=O) groups is 1. The summed E-state index contributed by atoms with van der Waals surface area (Å²) < 4.78 is 7.24. The maximum Gasteiger partial charge on any atom is 0.408 e. The van der Waals surface area contributed by atoms with Crippen LogP contribution in [0.1, 0.15) is 44.5 Å². The second kappa shape index (κ2) is 6.78. The van der Waals surface area contributed by atoms with Crippen molar-refractivity contribution in [1.29, 1.82) is 0 Å². The number of alkyl carbamates (subject to hydrolysis) is 1. The molecule has 1 N–H and O–H groups in total. The molecule has 3 rings (SSSR count). The summed E-state index contributed by atoms with van der Waals surface area (Å²) in [6, 6.07) is 10.3. The van der Waals surface area contributed by atoms with Crippen molar-refractivity contribution in [3.8, 4) is 0 Å². The number of aromatic nitrogens is 2. The molecule has 2 aromatic rings. The first-order valence-corrected chi connectivity index (χ1v) is 8.64. The molecule has 0 saturated carbocycles. The normalized spacial score (nSPS) is 17.1. The van der Waals surface area contributed by atoms with Gasteiger partial charge in [0.2, 0.25) is 0 Å². The number of anilines is 1. The second-order valence-electron chi connectivity index (χ2n) is 7.43. The van der Waals surface area contributed by atoms with E-state index in [-0.39, 0.29) is 12.1 Å². The summed E-state index contributed by atoms with van der Waals surface area (Å²) in [6.45, 7) is 7.28. The minimum absolute atomic E-state index is 0.0932. The van der Waals surface area contributed by atoms with Crippen LogP contribution in [0, 0.1) is 0 Å². The zero-order chi connectivity index (χ0) is 18.0. The maximum atomic E-state index is 12.2. The Balaban J connectivity index is 1.76. The number of fused-ring (bicyclic) bond motifs is 1. The average molecular weight is 342 g/mol. The number of hydrogen-bond donors (Lipinski definition) is 1. The molecule has 1 aromatic carbocycles. The monoisotopic (exact) mass is 342 g/mol. The van der Waals surface area contributed by atoms with Gasteiger partial charge in [0.15, 0.2) is 0 Å². The average Bonchev–Trinajstić information content (AvgIpc) is 2.92. The van der Waals surface area contributed by atoms with Gasteiger partial charge in [0.25, 0.3) is 0 Å². The van der Waals surface area contributed by atoms with Gasteiger partial charge < -0.3 is 15.0 Å². The molecule has 1 aliphatic heterocycles. The Hall–Kier alpha value is -2.50. The molecular weight excluding hydrogens is 316 g/mol. The van der Waals surface area contributed by atoms with Gasteiger partial charge in [-0.05, 0) is 32.8 Å². The Morgan fingerprint density at radius 1 is 1.32 bits per heavy atom. The number of ether oxygens (including phenoxy) is 1. The zero-order valence-corrected chi connectivity index (χ0v) is 15.3. The fourth-order valence-electron chi connectivity index (χ4n) is 3.18. The Labute approximate surface area is 148 Å². The predicted octanol–water partition coefficient (Wildman–Crippen LogP) is 3.40. The van der Waals surface area contributed by atoms with E-state index in [9.17, 15) is 4.79 Å². The zero-order valence-electron chi connectivity index (χ0n) is 15.3. The number of benzene rings is 1. The van der Waals surface area contributed by atoms with Crippen LogP contribution in [0.5, 0.6) is 0 Å². The lowest BCUT2D eigenvalue weighted by molar-refractivity contribution is 0.0498. The van der Waals surface area contributed by atoms with Crippen LogP contribution in [0.25, 0.3) is 0 Å². The number of hydrogen-bond acceptors (Lipinski definition) is 4. The predicted molar refractivity (Wildman–Crippen MR) is 97.4 cm³/mol. The number of nitrogens with one attached hydrogen (secondary N) is 1. The summed E-state index contributed by atoms with van der Waals surface area (Å²) in [4.78, 5) is 14.5. The van der Waals surface area contributed by atoms with E-state index in [1.54, 1.807) is 0 Å². The number of aryl methyl sites for hydroxylation is 1. The first-order valence-electron chi connectivity index (χ1n) is 8.64. The van der Waals surface area contributed by atoms with Crippen LogP contribution in [0.2, 0.25) is 0 Å². The molecule has 0 bridgehead atoms. The minimum atomic E-state index is -0.507. The quantitative estimate of drug-likeness (QED) is 0.929. The standard InChI is InChI=1S/C19H26N4O2/c1-19(2,3)25-18(24)21-15-10-11-23(13-14-8-6-5-7-9-14)16-12-20-22(4)17(15)16/h5-9,12,15H,10-11,13H2,1-4H3,(H,21,24). The molecule has 0 radical (unpaired) electrons. The highest BCUT2D eigenvalue weighted by Gasteiger charge is 2.31. The van der Waals surface area contributed by atoms with Gasteiger partial charge in [-0.15, -0.1) is 0 Å². The summed E-state index contributed by atoms with van der Waals surface area (Å²) in [6.07, 6.45) is 2.31. The van der Waals surface area contributed by atoms with Gasteiger partial charge in [-0.3, -0.25) is 4.68 Å². The number of amides is 1. The Morgan fingerprint density at radius 2 is 2.04 bits per heavy atom. The molecule has 2 heterocycles. The van der Waals surface area contributed by atoms with Crippen LogP contribution in [0.4, 0.5) is 10.5 Å². The van der Waals surface area contributed by atoms with Crippen molar-refractivity contribution < 1.29 is 9.53 Å². The summed E-state index contributed by atoms with van der Waals surface area (Å²) in [7, 11) is 1.91. The number of carbonyl (C=O) groups excluding carboxylic acids is 1. The van der Waals surface area contributed by atoms with Gasteiger partial charge >= 0.3 is 6.09 Å². The van der Waals surface area contributed by atoms with E-state index in [1.807, 2.05) is 44.8 Å². The van der Waals surface area contributed by atoms with Crippen molar-refractivity contribution >= 4 is 11.8 Å². The third-order valence-electron chi connectivity index (χ3n) is 4.23. The van der Waals surface area contributed by atoms with E-state index in [0.717, 1.165) is 30.9 Å². The van der Waals surface area contributed by atoms with E-state index in [4.69, 9.17) is 4.74 Å². The molecule has 1 unspecified atom stereocenters. The van der Waals surface area contributed by atoms with E-state index >= 15 is 0 Å². The second-order valence-corrected chi connectivity index (χ2v) is 7.43.